The lowest BCUT2D eigenvalue weighted by Crippen LogP contribution is -2.19. The van der Waals surface area contributed by atoms with Gasteiger partial charge in [-0.2, -0.15) is 0 Å². The number of hydrogen-bond donors (Lipinski definition) is 2. The summed E-state index contributed by atoms with van der Waals surface area (Å²) in [6.45, 7) is 1.65. The van der Waals surface area contributed by atoms with Gasteiger partial charge in [-0.15, -0.1) is 10.2 Å². The number of halogens is 2. The van der Waals surface area contributed by atoms with Crippen LogP contribution in [0.1, 0.15) is 12.8 Å². The van der Waals surface area contributed by atoms with Crippen LogP contribution in [-0.2, 0) is 19.4 Å². The molecule has 3 aromatic rings. The van der Waals surface area contributed by atoms with Gasteiger partial charge in [-0.25, -0.2) is 13.2 Å². The summed E-state index contributed by atoms with van der Waals surface area (Å²) in [7, 11) is -3.45. The lowest BCUT2D eigenvalue weighted by Gasteiger charge is -2.12. The lowest BCUT2D eigenvalue weighted by molar-refractivity contribution is -0.135. The molecular weight excluding hydrogens is 491 g/mol. The van der Waals surface area contributed by atoms with Gasteiger partial charge < -0.3 is 14.5 Å². The summed E-state index contributed by atoms with van der Waals surface area (Å²) in [6, 6.07) is 12.7. The number of anilines is 1. The zero-order valence-corrected chi connectivity index (χ0v) is 19.8. The number of ether oxygens (including phenoxy) is 1. The number of hydrogen-bond acceptors (Lipinski definition) is 9. The number of rotatable bonds is 8. The Morgan fingerprint density at radius 1 is 1.18 bits per heavy atom. The second-order valence-corrected chi connectivity index (χ2v) is 9.40. The third kappa shape index (κ3) is 5.78. The van der Waals surface area contributed by atoms with Crippen molar-refractivity contribution in [1.29, 1.82) is 5.41 Å². The Morgan fingerprint density at radius 3 is 2.58 bits per heavy atom. The largest absolute Gasteiger partial charge is 0.461 e. The molecule has 0 radical (unpaired) electrons. The van der Waals surface area contributed by atoms with Gasteiger partial charge in [-0.3, -0.25) is 5.41 Å². The van der Waals surface area contributed by atoms with Gasteiger partial charge in [0.25, 0.3) is 5.89 Å². The van der Waals surface area contributed by atoms with Gasteiger partial charge in [0.15, 0.2) is 15.5 Å². The second kappa shape index (κ2) is 10.2. The van der Waals surface area contributed by atoms with Crippen molar-refractivity contribution in [3.05, 3.63) is 64.5 Å². The third-order valence-electron chi connectivity index (χ3n) is 4.20. The maximum Gasteiger partial charge on any atom is 0.357 e. The van der Waals surface area contributed by atoms with Crippen molar-refractivity contribution in [2.24, 2.45) is 0 Å². The van der Waals surface area contributed by atoms with Crippen molar-refractivity contribution in [3.63, 3.8) is 0 Å². The minimum absolute atomic E-state index is 0.00101. The Bertz CT molecular complexity index is 1350. The van der Waals surface area contributed by atoms with Gasteiger partial charge in [0, 0.05) is 11.8 Å². The van der Waals surface area contributed by atoms with Crippen LogP contribution in [0.25, 0.3) is 17.2 Å². The van der Waals surface area contributed by atoms with E-state index >= 15 is 0 Å². The van der Waals surface area contributed by atoms with E-state index < -0.39 is 21.5 Å². The molecule has 0 fully saturated rings. The van der Waals surface area contributed by atoms with Crippen LogP contribution in [0, 0.1) is 5.41 Å². The molecule has 0 aliphatic rings. The molecule has 9 nitrogen and oxygen atoms in total. The number of carbonyl (C=O) groups excluding carboxylic acids is 1. The average molecular weight is 509 g/mol. The molecule has 1 aromatic heterocycles. The van der Waals surface area contributed by atoms with Gasteiger partial charge in [0.05, 0.1) is 22.2 Å². The van der Waals surface area contributed by atoms with Crippen LogP contribution in [0.15, 0.2) is 62.9 Å². The summed E-state index contributed by atoms with van der Waals surface area (Å²) < 4.78 is 34.3. The standard InChI is InChI=1S/C21H18Cl2N4O5S/c1-3-31-21(28)17(24)16(23)18(25-15-10-5-4-9-14(15)22)20-27-26-19(32-20)12-7-6-8-13(11-12)33(2,29)30/h4-11,24-25H,3H2,1-2H3/b18-16+,24-17?. The molecule has 2 aromatic carbocycles. The van der Waals surface area contributed by atoms with E-state index in [1.54, 1.807) is 37.3 Å². The zero-order chi connectivity index (χ0) is 24.2. The molecule has 0 spiro atoms. The fraction of sp³-hybridized carbons (Fsp3) is 0.143. The van der Waals surface area contributed by atoms with Crippen molar-refractivity contribution < 1.29 is 22.4 Å². The highest BCUT2D eigenvalue weighted by molar-refractivity contribution is 7.90. The van der Waals surface area contributed by atoms with Crippen molar-refractivity contribution in [2.45, 2.75) is 11.8 Å². The van der Waals surface area contributed by atoms with E-state index in [1.165, 1.54) is 18.2 Å². The highest BCUT2D eigenvalue weighted by Gasteiger charge is 2.24. The number of sulfone groups is 1. The molecule has 2 N–H and O–H groups in total. The number of aromatic nitrogens is 2. The van der Waals surface area contributed by atoms with Gasteiger partial charge in [0.1, 0.15) is 10.7 Å². The summed E-state index contributed by atoms with van der Waals surface area (Å²) in [5, 5.41) is 18.9. The van der Waals surface area contributed by atoms with E-state index in [4.69, 9.17) is 37.8 Å². The Hall–Kier alpha value is -3.21. The zero-order valence-electron chi connectivity index (χ0n) is 17.4. The highest BCUT2D eigenvalue weighted by Crippen LogP contribution is 2.30. The number of benzene rings is 2. The molecule has 0 saturated heterocycles. The van der Waals surface area contributed by atoms with Crippen LogP contribution in [0.3, 0.4) is 0 Å². The first-order valence-electron chi connectivity index (χ1n) is 9.43. The van der Waals surface area contributed by atoms with Gasteiger partial charge in [0.2, 0.25) is 5.89 Å². The predicted molar refractivity (Wildman–Crippen MR) is 125 cm³/mol. The number of carbonyl (C=O) groups is 1. The molecule has 0 atom stereocenters. The van der Waals surface area contributed by atoms with Crippen molar-refractivity contribution in [2.75, 3.05) is 18.2 Å². The Morgan fingerprint density at radius 2 is 1.91 bits per heavy atom. The van der Waals surface area contributed by atoms with E-state index in [1.807, 2.05) is 0 Å². The molecule has 0 aliphatic carbocycles. The maximum absolute atomic E-state index is 12.1. The van der Waals surface area contributed by atoms with Crippen LogP contribution in [0.5, 0.6) is 0 Å². The Labute approximate surface area is 199 Å². The van der Waals surface area contributed by atoms with Gasteiger partial charge in [-0.05, 0) is 37.3 Å². The number of esters is 1. The number of nitrogens with zero attached hydrogens (tertiary/aromatic N) is 2. The van der Waals surface area contributed by atoms with E-state index in [-0.39, 0.29) is 34.0 Å². The predicted octanol–water partition coefficient (Wildman–Crippen LogP) is 4.40. The van der Waals surface area contributed by atoms with E-state index in [0.717, 1.165) is 6.26 Å². The first-order chi connectivity index (χ1) is 15.6. The van der Waals surface area contributed by atoms with Crippen LogP contribution in [0.4, 0.5) is 5.69 Å². The molecule has 0 amide bonds. The molecular formula is C21H18Cl2N4O5S. The summed E-state index contributed by atoms with van der Waals surface area (Å²) >= 11 is 12.6. The second-order valence-electron chi connectivity index (χ2n) is 6.60. The van der Waals surface area contributed by atoms with E-state index in [9.17, 15) is 13.2 Å². The lowest BCUT2D eigenvalue weighted by atomic mass is 10.2. The number of nitrogens with one attached hydrogen (secondary N) is 2. The van der Waals surface area contributed by atoms with Crippen molar-refractivity contribution >= 4 is 56.1 Å². The third-order valence-corrected chi connectivity index (χ3v) is 6.02. The van der Waals surface area contributed by atoms with Gasteiger partial charge in [-0.1, -0.05) is 41.4 Å². The monoisotopic (exact) mass is 508 g/mol. The Balaban J connectivity index is 2.08. The van der Waals surface area contributed by atoms with Gasteiger partial charge >= 0.3 is 5.97 Å². The molecule has 12 heteroatoms. The van der Waals surface area contributed by atoms with Crippen molar-refractivity contribution in [1.82, 2.24) is 10.2 Å². The molecule has 0 aliphatic heterocycles. The van der Waals surface area contributed by atoms with E-state index in [0.29, 0.717) is 16.3 Å². The van der Waals surface area contributed by atoms with Crippen LogP contribution < -0.4 is 5.32 Å². The topological polar surface area (TPSA) is 135 Å². The quantitative estimate of drug-likeness (QED) is 0.337. The molecule has 0 saturated carbocycles. The maximum atomic E-state index is 12.1. The Kier molecular flexibility index (Phi) is 7.52. The normalized spacial score (nSPS) is 12.1. The van der Waals surface area contributed by atoms with Crippen molar-refractivity contribution in [3.8, 4) is 11.5 Å². The van der Waals surface area contributed by atoms with Crippen LogP contribution >= 0.6 is 23.2 Å². The smallest absolute Gasteiger partial charge is 0.357 e. The number of para-hydroxylation sites is 1. The molecule has 3 rings (SSSR count). The first-order valence-corrected chi connectivity index (χ1v) is 12.1. The molecule has 0 bridgehead atoms. The molecule has 0 unspecified atom stereocenters. The summed E-state index contributed by atoms with van der Waals surface area (Å²) in [5.74, 6) is -1.10. The first kappa shape index (κ1) is 24.4. The fourth-order valence-corrected chi connectivity index (χ4v) is 3.67. The van der Waals surface area contributed by atoms with Crippen LogP contribution in [-0.4, -0.2) is 43.2 Å². The molecule has 172 valence electrons. The highest BCUT2D eigenvalue weighted by atomic mass is 35.5. The molecule has 1 heterocycles. The SMILES string of the molecule is CCOC(=O)C(=N)/C(Cl)=C(\Nc1ccccc1Cl)c1nnc(-c2cccc(S(C)(=O)=O)c2)o1. The summed E-state index contributed by atoms with van der Waals surface area (Å²) in [5.41, 5.74) is 0.0703. The minimum Gasteiger partial charge on any atom is -0.461 e. The molecule has 33 heavy (non-hydrogen) atoms. The average Bonchev–Trinajstić information content (AvgIpc) is 3.27. The fourth-order valence-electron chi connectivity index (χ4n) is 2.62. The minimum atomic E-state index is -3.45. The summed E-state index contributed by atoms with van der Waals surface area (Å²) in [4.78, 5) is 12.1. The van der Waals surface area contributed by atoms with E-state index in [2.05, 4.69) is 15.5 Å². The summed E-state index contributed by atoms with van der Waals surface area (Å²) in [6.07, 6.45) is 1.08. The van der Waals surface area contributed by atoms with Crippen LogP contribution in [0.2, 0.25) is 5.02 Å².